The number of nitrogens with zero attached hydrogens (tertiary/aromatic N) is 1. The summed E-state index contributed by atoms with van der Waals surface area (Å²) in [7, 11) is 6.18. The molecule has 24 heavy (non-hydrogen) atoms. The van der Waals surface area contributed by atoms with Crippen LogP contribution in [0.5, 0.6) is 11.5 Å². The maximum absolute atomic E-state index is 11.8. The number of methoxy groups -OCH3 is 2. The molecule has 0 saturated heterocycles. The van der Waals surface area contributed by atoms with Gasteiger partial charge in [-0.2, -0.15) is 0 Å². The Labute approximate surface area is 140 Å². The lowest BCUT2D eigenvalue weighted by Gasteiger charge is -2.12. The third-order valence-corrected chi connectivity index (χ3v) is 3.13. The molecule has 0 aliphatic heterocycles. The number of carbonyl (C=O) groups excluding carboxylic acids is 3. The average Bonchev–Trinajstić information content (AvgIpc) is 2.57. The number of rotatable bonds is 8. The summed E-state index contributed by atoms with van der Waals surface area (Å²) in [6.45, 7) is -0.590. The summed E-state index contributed by atoms with van der Waals surface area (Å²) < 4.78 is 15.2. The predicted octanol–water partition coefficient (Wildman–Crippen LogP) is -0.00610. The van der Waals surface area contributed by atoms with E-state index < -0.39 is 18.5 Å². The summed E-state index contributed by atoms with van der Waals surface area (Å²) in [6.07, 6.45) is -0.0446. The number of likely N-dealkylation sites (N-methyl/N-ethyl adjacent to an activating group) is 1. The van der Waals surface area contributed by atoms with Crippen LogP contribution < -0.4 is 14.8 Å². The zero-order valence-electron chi connectivity index (χ0n) is 14.3. The molecule has 0 bridgehead atoms. The summed E-state index contributed by atoms with van der Waals surface area (Å²) in [5.74, 6) is -0.272. The van der Waals surface area contributed by atoms with E-state index in [0.717, 1.165) is 0 Å². The maximum Gasteiger partial charge on any atom is 0.310 e. The summed E-state index contributed by atoms with van der Waals surface area (Å²) in [4.78, 5) is 36.0. The van der Waals surface area contributed by atoms with E-state index in [9.17, 15) is 14.4 Å². The van der Waals surface area contributed by atoms with Crippen LogP contribution in [0, 0.1) is 0 Å². The summed E-state index contributed by atoms with van der Waals surface area (Å²) in [6, 6.07) is 5.04. The highest BCUT2D eigenvalue weighted by atomic mass is 16.5. The normalized spacial score (nSPS) is 9.83. The Morgan fingerprint density at radius 3 is 2.42 bits per heavy atom. The number of hydrogen-bond donors (Lipinski definition) is 1. The fraction of sp³-hybridized carbons (Fsp3) is 0.438. The smallest absolute Gasteiger partial charge is 0.310 e. The maximum atomic E-state index is 11.8. The molecule has 0 spiro atoms. The van der Waals surface area contributed by atoms with Crippen molar-refractivity contribution in [1.82, 2.24) is 10.2 Å². The Hall–Kier alpha value is -2.77. The van der Waals surface area contributed by atoms with Crippen molar-refractivity contribution in [1.29, 1.82) is 0 Å². The van der Waals surface area contributed by atoms with Gasteiger partial charge in [-0.05, 0) is 6.07 Å². The average molecular weight is 338 g/mol. The molecule has 0 aliphatic carbocycles. The van der Waals surface area contributed by atoms with Crippen LogP contribution in [-0.2, 0) is 25.5 Å². The molecule has 0 aromatic heterocycles. The number of benzene rings is 1. The Kier molecular flexibility index (Phi) is 7.54. The van der Waals surface area contributed by atoms with Crippen molar-refractivity contribution in [3.8, 4) is 11.5 Å². The van der Waals surface area contributed by atoms with Gasteiger partial charge in [0.15, 0.2) is 6.61 Å². The third kappa shape index (κ3) is 6.15. The van der Waals surface area contributed by atoms with Gasteiger partial charge in [0.2, 0.25) is 5.91 Å². The number of hydrogen-bond acceptors (Lipinski definition) is 6. The van der Waals surface area contributed by atoms with Gasteiger partial charge in [-0.1, -0.05) is 6.07 Å². The van der Waals surface area contributed by atoms with Crippen molar-refractivity contribution >= 4 is 17.8 Å². The number of carbonyl (C=O) groups is 3. The van der Waals surface area contributed by atoms with Crippen molar-refractivity contribution < 1.29 is 28.6 Å². The van der Waals surface area contributed by atoms with E-state index >= 15 is 0 Å². The largest absolute Gasteiger partial charge is 0.497 e. The van der Waals surface area contributed by atoms with Gasteiger partial charge in [0, 0.05) is 25.7 Å². The molecule has 0 unspecified atom stereocenters. The van der Waals surface area contributed by atoms with Crippen LogP contribution in [0.4, 0.5) is 0 Å². The molecular weight excluding hydrogens is 316 g/mol. The fourth-order valence-corrected chi connectivity index (χ4v) is 1.73. The molecule has 1 rings (SSSR count). The first-order valence-corrected chi connectivity index (χ1v) is 7.20. The summed E-state index contributed by atoms with van der Waals surface area (Å²) in [5, 5.41) is 2.37. The van der Waals surface area contributed by atoms with E-state index in [-0.39, 0.29) is 18.9 Å². The second-order valence-electron chi connectivity index (χ2n) is 5.08. The van der Waals surface area contributed by atoms with Gasteiger partial charge < -0.3 is 24.4 Å². The summed E-state index contributed by atoms with van der Waals surface area (Å²) in [5.41, 5.74) is 0.617. The molecule has 0 atom stereocenters. The van der Waals surface area contributed by atoms with Gasteiger partial charge in [-0.15, -0.1) is 0 Å². The quantitative estimate of drug-likeness (QED) is 0.670. The van der Waals surface area contributed by atoms with Crippen LogP contribution in [0.1, 0.15) is 5.56 Å². The lowest BCUT2D eigenvalue weighted by atomic mass is 10.1. The molecule has 8 heteroatoms. The number of ether oxygens (including phenoxy) is 3. The molecule has 132 valence electrons. The van der Waals surface area contributed by atoms with Gasteiger partial charge >= 0.3 is 5.97 Å². The minimum Gasteiger partial charge on any atom is -0.497 e. The minimum absolute atomic E-state index is 0.0446. The monoisotopic (exact) mass is 338 g/mol. The highest BCUT2D eigenvalue weighted by Gasteiger charge is 2.13. The van der Waals surface area contributed by atoms with Gasteiger partial charge in [0.05, 0.1) is 27.2 Å². The number of amides is 2. The molecular formula is C16H22N2O6. The molecule has 0 saturated carbocycles. The first-order valence-electron chi connectivity index (χ1n) is 7.20. The van der Waals surface area contributed by atoms with Crippen LogP contribution in [0.15, 0.2) is 18.2 Å². The Balaban J connectivity index is 2.46. The highest BCUT2D eigenvalue weighted by molar-refractivity contribution is 5.86. The van der Waals surface area contributed by atoms with Crippen LogP contribution >= 0.6 is 0 Å². The lowest BCUT2D eigenvalue weighted by molar-refractivity contribution is -0.148. The fourth-order valence-electron chi connectivity index (χ4n) is 1.73. The van der Waals surface area contributed by atoms with Crippen LogP contribution in [0.25, 0.3) is 0 Å². The zero-order valence-corrected chi connectivity index (χ0v) is 14.3. The minimum atomic E-state index is -0.576. The van der Waals surface area contributed by atoms with Crippen molar-refractivity contribution in [2.24, 2.45) is 0 Å². The first kappa shape index (κ1) is 19.3. The second-order valence-corrected chi connectivity index (χ2v) is 5.08. The Bertz CT molecular complexity index is 600. The zero-order chi connectivity index (χ0) is 18.1. The van der Waals surface area contributed by atoms with E-state index in [1.165, 1.54) is 19.1 Å². The molecule has 0 heterocycles. The topological polar surface area (TPSA) is 94.2 Å². The molecule has 1 N–H and O–H groups in total. The van der Waals surface area contributed by atoms with Crippen molar-refractivity contribution in [2.75, 3.05) is 41.5 Å². The van der Waals surface area contributed by atoms with Crippen LogP contribution in [-0.4, -0.2) is 64.2 Å². The van der Waals surface area contributed by atoms with E-state index in [1.807, 2.05) is 0 Å². The summed E-state index contributed by atoms with van der Waals surface area (Å²) >= 11 is 0. The Morgan fingerprint density at radius 1 is 1.12 bits per heavy atom. The number of nitrogens with one attached hydrogen (secondary N) is 1. The molecule has 2 amide bonds. The first-order chi connectivity index (χ1) is 11.4. The molecule has 0 aliphatic rings. The van der Waals surface area contributed by atoms with Gasteiger partial charge in [0.1, 0.15) is 11.5 Å². The van der Waals surface area contributed by atoms with Crippen molar-refractivity contribution in [3.05, 3.63) is 23.8 Å². The third-order valence-electron chi connectivity index (χ3n) is 3.13. The predicted molar refractivity (Wildman–Crippen MR) is 85.9 cm³/mol. The standard InChI is InChI=1S/C16H22N2O6/c1-18(2)15(20)9-17-14(19)10-24-16(21)7-11-5-6-12(22-3)8-13(11)23-4/h5-6,8H,7,9-10H2,1-4H3,(H,17,19). The lowest BCUT2D eigenvalue weighted by Crippen LogP contribution is -2.38. The molecule has 0 radical (unpaired) electrons. The highest BCUT2D eigenvalue weighted by Crippen LogP contribution is 2.25. The molecule has 1 aromatic carbocycles. The second kappa shape index (κ2) is 9.39. The van der Waals surface area contributed by atoms with Gasteiger partial charge in [-0.3, -0.25) is 14.4 Å². The molecule has 8 nitrogen and oxygen atoms in total. The van der Waals surface area contributed by atoms with Crippen molar-refractivity contribution in [2.45, 2.75) is 6.42 Å². The Morgan fingerprint density at radius 2 is 1.83 bits per heavy atom. The van der Waals surface area contributed by atoms with E-state index in [4.69, 9.17) is 14.2 Å². The van der Waals surface area contributed by atoms with E-state index in [1.54, 1.807) is 32.3 Å². The van der Waals surface area contributed by atoms with Crippen LogP contribution in [0.3, 0.4) is 0 Å². The van der Waals surface area contributed by atoms with E-state index in [0.29, 0.717) is 17.1 Å². The number of esters is 1. The molecule has 0 fully saturated rings. The van der Waals surface area contributed by atoms with Gasteiger partial charge in [0.25, 0.3) is 5.91 Å². The van der Waals surface area contributed by atoms with E-state index in [2.05, 4.69) is 5.32 Å². The van der Waals surface area contributed by atoms with Crippen LogP contribution in [0.2, 0.25) is 0 Å². The van der Waals surface area contributed by atoms with Crippen molar-refractivity contribution in [3.63, 3.8) is 0 Å². The molecule has 1 aromatic rings. The SMILES string of the molecule is COc1ccc(CC(=O)OCC(=O)NCC(=O)N(C)C)c(OC)c1. The van der Waals surface area contributed by atoms with Gasteiger partial charge in [-0.25, -0.2) is 0 Å².